The molecule has 58 heavy (non-hydrogen) atoms. The van der Waals surface area contributed by atoms with Crippen molar-refractivity contribution < 1.29 is 38.1 Å². The van der Waals surface area contributed by atoms with E-state index >= 15 is 0 Å². The Morgan fingerprint density at radius 3 is 1.48 bits per heavy atom. The minimum absolute atomic E-state index is 0.125. The second kappa shape index (κ2) is 15.7. The van der Waals surface area contributed by atoms with Gasteiger partial charge in [0.1, 0.15) is 48.4 Å². The van der Waals surface area contributed by atoms with Crippen LogP contribution in [0, 0.1) is 11.8 Å². The zero-order chi connectivity index (χ0) is 40.8. The van der Waals surface area contributed by atoms with Crippen molar-refractivity contribution in [3.05, 3.63) is 59.4 Å². The molecule has 16 nitrogen and oxygen atoms in total. The van der Waals surface area contributed by atoms with E-state index in [1.807, 2.05) is 39.8 Å². The number of imidazole rings is 2. The van der Waals surface area contributed by atoms with Crippen LogP contribution in [-0.4, -0.2) is 93.1 Å². The number of hydrogen-bond acceptors (Lipinski definition) is 10. The quantitative estimate of drug-likeness (QED) is 0.148. The molecule has 4 aliphatic heterocycles. The van der Waals surface area contributed by atoms with Gasteiger partial charge in [0, 0.05) is 46.5 Å². The first-order valence-corrected chi connectivity index (χ1v) is 20.0. The fourth-order valence-electron chi connectivity index (χ4n) is 8.68. The van der Waals surface area contributed by atoms with Crippen LogP contribution in [0.2, 0.25) is 0 Å². The largest absolute Gasteiger partial charge is 0.488 e. The Hall–Kier alpha value is -6.06. The molecule has 2 aromatic heterocycles. The number of ether oxygens (including phenoxy) is 4. The van der Waals surface area contributed by atoms with Crippen molar-refractivity contribution >= 4 is 24.0 Å². The highest BCUT2D eigenvalue weighted by Crippen LogP contribution is 2.51. The van der Waals surface area contributed by atoms with E-state index in [2.05, 4.69) is 32.7 Å². The van der Waals surface area contributed by atoms with Gasteiger partial charge in [-0.3, -0.25) is 9.59 Å². The van der Waals surface area contributed by atoms with Crippen LogP contribution in [0.5, 0.6) is 11.5 Å². The number of hydrogen-bond donors (Lipinski definition) is 4. The van der Waals surface area contributed by atoms with Crippen molar-refractivity contribution in [2.75, 3.05) is 27.3 Å². The SMILES string of the molecule is COC(=O)NC(C(=O)N1CCC[C@@H]1c1ncc(-c2cc3c4c(c2)OCc2cc(-c5cnc([C@H]6CCCN6C(=O)[C@@H](NC(=O)OC)C(C)C)[nH]5)cc(c2-4)OC3)[nH]1)C(C)C. The maximum Gasteiger partial charge on any atom is 0.407 e. The summed E-state index contributed by atoms with van der Waals surface area (Å²) in [4.78, 5) is 71.4. The van der Waals surface area contributed by atoms with Gasteiger partial charge in [0.25, 0.3) is 0 Å². The Bertz CT molecular complexity index is 2040. The lowest BCUT2D eigenvalue weighted by Crippen LogP contribution is -2.51. The number of likely N-dealkylation sites (tertiary alicyclic amines) is 2. The normalized spacial score (nSPS) is 19.0. The summed E-state index contributed by atoms with van der Waals surface area (Å²) in [5.74, 6) is 2.33. The van der Waals surface area contributed by atoms with Gasteiger partial charge in [-0.2, -0.15) is 0 Å². The average molecular weight is 795 g/mol. The van der Waals surface area contributed by atoms with Crippen LogP contribution in [0.15, 0.2) is 36.7 Å². The maximum atomic E-state index is 13.7. The van der Waals surface area contributed by atoms with E-state index in [1.54, 1.807) is 22.2 Å². The number of benzene rings is 2. The van der Waals surface area contributed by atoms with Crippen LogP contribution in [0.3, 0.4) is 0 Å². The van der Waals surface area contributed by atoms with Crippen molar-refractivity contribution in [2.45, 2.75) is 90.8 Å². The topological polar surface area (TPSA) is 193 Å². The molecule has 0 spiro atoms. The fraction of sp³-hybridized carbons (Fsp3) is 0.476. The molecule has 0 bridgehead atoms. The smallest absolute Gasteiger partial charge is 0.407 e. The van der Waals surface area contributed by atoms with E-state index in [0.717, 1.165) is 82.0 Å². The third-order valence-electron chi connectivity index (χ3n) is 11.7. The molecule has 2 aromatic carbocycles. The monoisotopic (exact) mass is 794 g/mol. The van der Waals surface area contributed by atoms with E-state index < -0.39 is 24.3 Å². The van der Waals surface area contributed by atoms with Crippen molar-refractivity contribution in [2.24, 2.45) is 11.8 Å². The zero-order valence-corrected chi connectivity index (χ0v) is 33.6. The molecule has 0 radical (unpaired) electrons. The first-order chi connectivity index (χ1) is 27.9. The van der Waals surface area contributed by atoms with Crippen molar-refractivity contribution in [3.8, 4) is 45.1 Å². The van der Waals surface area contributed by atoms with Gasteiger partial charge < -0.3 is 49.3 Å². The van der Waals surface area contributed by atoms with E-state index in [9.17, 15) is 19.2 Å². The van der Waals surface area contributed by atoms with Crippen LogP contribution in [0.25, 0.3) is 33.6 Å². The number of amides is 4. The Kier molecular flexibility index (Phi) is 10.5. The lowest BCUT2D eigenvalue weighted by atomic mass is 9.87. The van der Waals surface area contributed by atoms with E-state index in [1.165, 1.54) is 14.2 Å². The summed E-state index contributed by atoms with van der Waals surface area (Å²) in [5, 5.41) is 5.40. The molecule has 4 atom stereocenters. The first kappa shape index (κ1) is 38.8. The molecule has 2 fully saturated rings. The molecule has 306 valence electrons. The Morgan fingerprint density at radius 2 is 1.10 bits per heavy atom. The second-order valence-electron chi connectivity index (χ2n) is 16.1. The van der Waals surface area contributed by atoms with E-state index in [-0.39, 0.29) is 35.7 Å². The summed E-state index contributed by atoms with van der Waals surface area (Å²) in [6.45, 7) is 9.41. The highest BCUT2D eigenvalue weighted by atomic mass is 16.5. The van der Waals surface area contributed by atoms with Gasteiger partial charge in [-0.25, -0.2) is 19.6 Å². The summed E-state index contributed by atoms with van der Waals surface area (Å²) < 4.78 is 22.4. The van der Waals surface area contributed by atoms with Gasteiger partial charge in [0.05, 0.1) is 50.1 Å². The lowest BCUT2D eigenvalue weighted by Gasteiger charge is -2.30. The van der Waals surface area contributed by atoms with Crippen LogP contribution < -0.4 is 20.1 Å². The predicted molar refractivity (Wildman–Crippen MR) is 211 cm³/mol. The molecule has 6 heterocycles. The van der Waals surface area contributed by atoms with Crippen molar-refractivity contribution in [3.63, 3.8) is 0 Å². The average Bonchev–Trinajstić information content (AvgIpc) is 4.06. The summed E-state index contributed by atoms with van der Waals surface area (Å²) in [6, 6.07) is 6.31. The molecule has 4 N–H and O–H groups in total. The molecule has 4 aliphatic rings. The molecule has 16 heteroatoms. The first-order valence-electron chi connectivity index (χ1n) is 20.0. The number of H-pyrrole nitrogens is 2. The standard InChI is InChI=1S/C42H50N8O8/c1-21(2)35(47-41(53)55-5)39(51)49-11-7-9-29(49)37-43-17-27(45-37)23-13-25-19-58-32-16-24(14-26-20-57-31(15-23)33(25)34(26)32)28-18-44-38(46-28)30-10-8-12-50(30)40(52)36(22(3)4)48-42(54)56-6/h13-18,21-22,29-30,35-36H,7-12,19-20H2,1-6H3,(H,43,45)(H,44,46)(H,47,53)(H,48,54)/t29-,30-,35+,36?/m1/s1. The highest BCUT2D eigenvalue weighted by molar-refractivity contribution is 5.89. The number of carbonyl (C=O) groups is 4. The Morgan fingerprint density at radius 1 is 0.690 bits per heavy atom. The summed E-state index contributed by atoms with van der Waals surface area (Å²) in [6.07, 6.45) is 5.46. The molecular weight excluding hydrogens is 745 g/mol. The summed E-state index contributed by atoms with van der Waals surface area (Å²) in [7, 11) is 2.57. The second-order valence-corrected chi connectivity index (χ2v) is 16.1. The maximum absolute atomic E-state index is 13.7. The lowest BCUT2D eigenvalue weighted by molar-refractivity contribution is -0.136. The molecule has 0 saturated carbocycles. The van der Waals surface area contributed by atoms with Gasteiger partial charge in [0.15, 0.2) is 0 Å². The minimum Gasteiger partial charge on any atom is -0.488 e. The molecule has 8 rings (SSSR count). The van der Waals surface area contributed by atoms with Gasteiger partial charge in [0.2, 0.25) is 11.8 Å². The van der Waals surface area contributed by atoms with Gasteiger partial charge >= 0.3 is 12.2 Å². The third kappa shape index (κ3) is 7.08. The number of nitrogens with one attached hydrogen (secondary N) is 4. The fourth-order valence-corrected chi connectivity index (χ4v) is 8.68. The number of methoxy groups -OCH3 is 2. The molecule has 1 unspecified atom stereocenters. The van der Waals surface area contributed by atoms with Crippen molar-refractivity contribution in [1.29, 1.82) is 0 Å². The number of nitrogens with zero attached hydrogens (tertiary/aromatic N) is 4. The number of carbonyl (C=O) groups excluding carboxylic acids is 4. The van der Waals surface area contributed by atoms with Crippen molar-refractivity contribution in [1.82, 2.24) is 40.4 Å². The zero-order valence-electron chi connectivity index (χ0n) is 33.6. The predicted octanol–water partition coefficient (Wildman–Crippen LogP) is 6.01. The molecule has 0 aliphatic carbocycles. The van der Waals surface area contributed by atoms with Gasteiger partial charge in [-0.05, 0) is 61.8 Å². The molecular formula is C42H50N8O8. The van der Waals surface area contributed by atoms with Gasteiger partial charge in [-0.15, -0.1) is 0 Å². The molecule has 2 saturated heterocycles. The van der Waals surface area contributed by atoms with Crippen LogP contribution in [0.4, 0.5) is 9.59 Å². The van der Waals surface area contributed by atoms with Crippen LogP contribution in [-0.2, 0) is 32.3 Å². The Labute approximate surface area is 336 Å². The summed E-state index contributed by atoms with van der Waals surface area (Å²) >= 11 is 0. The number of rotatable bonds is 10. The minimum atomic E-state index is -0.712. The molecule has 4 amide bonds. The highest BCUT2D eigenvalue weighted by Gasteiger charge is 2.39. The number of alkyl carbamates (subject to hydrolysis) is 2. The van der Waals surface area contributed by atoms with E-state index in [0.29, 0.717) is 38.0 Å². The van der Waals surface area contributed by atoms with Crippen LogP contribution >= 0.6 is 0 Å². The molecule has 4 aromatic rings. The van der Waals surface area contributed by atoms with Gasteiger partial charge in [-0.1, -0.05) is 27.7 Å². The third-order valence-corrected chi connectivity index (χ3v) is 11.7. The number of aromatic nitrogens is 4. The Balaban J connectivity index is 1.01. The van der Waals surface area contributed by atoms with Crippen LogP contribution in [0.1, 0.15) is 88.2 Å². The number of aromatic amines is 2. The summed E-state index contributed by atoms with van der Waals surface area (Å²) in [5.41, 5.74) is 7.39. The van der Waals surface area contributed by atoms with E-state index in [4.69, 9.17) is 28.9 Å².